The van der Waals surface area contributed by atoms with Gasteiger partial charge >= 0.3 is 6.61 Å². The molecule has 0 N–H and O–H groups in total. The molecular weight excluding hydrogens is 402 g/mol. The lowest BCUT2D eigenvalue weighted by atomic mass is 10.1. The van der Waals surface area contributed by atoms with Crippen molar-refractivity contribution < 1.29 is 13.5 Å². The van der Waals surface area contributed by atoms with Crippen LogP contribution in [0.25, 0.3) is 0 Å². The van der Waals surface area contributed by atoms with Crippen molar-refractivity contribution in [2.45, 2.75) is 18.4 Å². The Bertz CT molecular complexity index is 572. The van der Waals surface area contributed by atoms with Gasteiger partial charge in [0.2, 0.25) is 0 Å². The van der Waals surface area contributed by atoms with Crippen LogP contribution in [0, 0.1) is 6.92 Å². The van der Waals surface area contributed by atoms with Gasteiger partial charge in [-0.2, -0.15) is 8.78 Å². The molecule has 6 heteroatoms. The second-order valence-electron chi connectivity index (χ2n) is 3.88. The van der Waals surface area contributed by atoms with E-state index in [0.29, 0.717) is 0 Å². The van der Waals surface area contributed by atoms with Crippen molar-refractivity contribution in [1.29, 1.82) is 0 Å². The SMILES string of the molecule is Cc1sc(Br)cc1C(Br)c1cccc(OC(F)F)c1. The van der Waals surface area contributed by atoms with Crippen molar-refractivity contribution in [3.8, 4) is 5.75 Å². The Hall–Kier alpha value is -0.460. The van der Waals surface area contributed by atoms with Crippen molar-refractivity contribution in [3.05, 3.63) is 50.1 Å². The third kappa shape index (κ3) is 3.77. The van der Waals surface area contributed by atoms with Gasteiger partial charge in [-0.25, -0.2) is 0 Å². The summed E-state index contributed by atoms with van der Waals surface area (Å²) in [5, 5.41) is 0. The molecule has 0 aliphatic heterocycles. The highest BCUT2D eigenvalue weighted by Gasteiger charge is 2.16. The molecule has 2 aromatic rings. The van der Waals surface area contributed by atoms with Crippen molar-refractivity contribution in [2.75, 3.05) is 0 Å². The van der Waals surface area contributed by atoms with E-state index in [1.54, 1.807) is 23.5 Å². The zero-order valence-electron chi connectivity index (χ0n) is 9.87. The Kier molecular flexibility index (Phi) is 4.97. The van der Waals surface area contributed by atoms with Crippen molar-refractivity contribution in [2.24, 2.45) is 0 Å². The minimum Gasteiger partial charge on any atom is -0.435 e. The van der Waals surface area contributed by atoms with Crippen LogP contribution in [0.15, 0.2) is 34.1 Å². The number of rotatable bonds is 4. The third-order valence-electron chi connectivity index (χ3n) is 2.58. The van der Waals surface area contributed by atoms with E-state index in [4.69, 9.17) is 0 Å². The van der Waals surface area contributed by atoms with Crippen molar-refractivity contribution in [3.63, 3.8) is 0 Å². The Labute approximate surface area is 130 Å². The Balaban J connectivity index is 2.28. The maximum atomic E-state index is 12.2. The molecule has 0 radical (unpaired) electrons. The zero-order valence-corrected chi connectivity index (χ0v) is 13.9. The summed E-state index contributed by atoms with van der Waals surface area (Å²) in [6, 6.07) is 8.75. The summed E-state index contributed by atoms with van der Waals surface area (Å²) >= 11 is 8.69. The predicted molar refractivity (Wildman–Crippen MR) is 80.6 cm³/mol. The molecule has 0 amide bonds. The minimum absolute atomic E-state index is 0.0451. The average molecular weight is 412 g/mol. The summed E-state index contributed by atoms with van der Waals surface area (Å²) in [5.74, 6) is 0.170. The van der Waals surface area contributed by atoms with Crippen LogP contribution >= 0.6 is 43.2 Å². The lowest BCUT2D eigenvalue weighted by Crippen LogP contribution is -2.02. The summed E-state index contributed by atoms with van der Waals surface area (Å²) in [6.07, 6.45) is 0. The molecule has 1 nitrogen and oxygen atoms in total. The summed E-state index contributed by atoms with van der Waals surface area (Å²) in [5.41, 5.74) is 2.00. The molecule has 1 heterocycles. The number of hydrogen-bond donors (Lipinski definition) is 0. The molecule has 0 aliphatic rings. The van der Waals surface area contributed by atoms with Gasteiger partial charge in [0.05, 0.1) is 8.61 Å². The first-order valence-electron chi connectivity index (χ1n) is 5.42. The molecule has 0 bridgehead atoms. The van der Waals surface area contributed by atoms with Crippen LogP contribution in [0.3, 0.4) is 0 Å². The van der Waals surface area contributed by atoms with E-state index in [0.717, 1.165) is 14.9 Å². The van der Waals surface area contributed by atoms with Crippen molar-refractivity contribution in [1.82, 2.24) is 0 Å². The van der Waals surface area contributed by atoms with Crippen LogP contribution in [0.5, 0.6) is 5.75 Å². The van der Waals surface area contributed by atoms with Gasteiger partial charge in [-0.3, -0.25) is 0 Å². The van der Waals surface area contributed by atoms with Gasteiger partial charge in [-0.05, 0) is 52.2 Å². The number of alkyl halides is 3. The fraction of sp³-hybridized carbons (Fsp3) is 0.231. The molecule has 0 spiro atoms. The van der Waals surface area contributed by atoms with Gasteiger partial charge < -0.3 is 4.74 Å². The van der Waals surface area contributed by atoms with E-state index in [9.17, 15) is 8.78 Å². The van der Waals surface area contributed by atoms with E-state index in [1.807, 2.05) is 19.1 Å². The van der Waals surface area contributed by atoms with Crippen molar-refractivity contribution >= 4 is 43.2 Å². The fourth-order valence-electron chi connectivity index (χ4n) is 1.74. The van der Waals surface area contributed by atoms with E-state index in [-0.39, 0.29) is 10.6 Å². The standard InChI is InChI=1S/C13H10Br2F2OS/c1-7-10(6-11(14)19-7)12(15)8-3-2-4-9(5-8)18-13(16)17/h2-6,12-13H,1H3. The molecule has 0 saturated heterocycles. The largest absolute Gasteiger partial charge is 0.435 e. The topological polar surface area (TPSA) is 9.23 Å². The van der Waals surface area contributed by atoms with E-state index < -0.39 is 6.61 Å². The van der Waals surface area contributed by atoms with E-state index >= 15 is 0 Å². The highest BCUT2D eigenvalue weighted by atomic mass is 79.9. The first kappa shape index (κ1) is 14.9. The number of aryl methyl sites for hydroxylation is 1. The third-order valence-corrected chi connectivity index (χ3v) is 5.17. The number of thiophene rings is 1. The smallest absolute Gasteiger partial charge is 0.387 e. The van der Waals surface area contributed by atoms with Crippen LogP contribution in [0.1, 0.15) is 20.8 Å². The summed E-state index contributed by atoms with van der Waals surface area (Å²) < 4.78 is 29.9. The highest BCUT2D eigenvalue weighted by molar-refractivity contribution is 9.11. The van der Waals surface area contributed by atoms with Crippen LogP contribution in [0.4, 0.5) is 8.78 Å². The normalized spacial score (nSPS) is 12.7. The van der Waals surface area contributed by atoms with Gasteiger partial charge in [-0.1, -0.05) is 28.1 Å². The quantitative estimate of drug-likeness (QED) is 0.568. The second-order valence-corrected chi connectivity index (χ2v) is 7.43. The molecule has 1 atom stereocenters. The van der Waals surface area contributed by atoms with E-state index in [1.165, 1.54) is 10.9 Å². The maximum Gasteiger partial charge on any atom is 0.387 e. The predicted octanol–water partition coefficient (Wildman–Crippen LogP) is 5.90. The molecule has 0 saturated carbocycles. The summed E-state index contributed by atoms with van der Waals surface area (Å²) in [7, 11) is 0. The van der Waals surface area contributed by atoms with Crippen LogP contribution in [-0.4, -0.2) is 6.61 Å². The maximum absolute atomic E-state index is 12.2. The number of hydrogen-bond acceptors (Lipinski definition) is 2. The highest BCUT2D eigenvalue weighted by Crippen LogP contribution is 2.39. The fourth-order valence-corrected chi connectivity index (χ4v) is 4.40. The Morgan fingerprint density at radius 2 is 2.00 bits per heavy atom. The number of ether oxygens (including phenoxy) is 1. The monoisotopic (exact) mass is 410 g/mol. The van der Waals surface area contributed by atoms with Crippen LogP contribution < -0.4 is 4.74 Å². The van der Waals surface area contributed by atoms with Gasteiger partial charge in [-0.15, -0.1) is 11.3 Å². The van der Waals surface area contributed by atoms with Crippen LogP contribution in [-0.2, 0) is 0 Å². The lowest BCUT2D eigenvalue weighted by molar-refractivity contribution is -0.0498. The summed E-state index contributed by atoms with van der Waals surface area (Å²) in [4.78, 5) is 1.13. The number of benzene rings is 1. The molecular formula is C13H10Br2F2OS. The number of halogens is 4. The van der Waals surface area contributed by atoms with Gasteiger partial charge in [0.25, 0.3) is 0 Å². The van der Waals surface area contributed by atoms with Gasteiger partial charge in [0.15, 0.2) is 0 Å². The second kappa shape index (κ2) is 6.33. The summed E-state index contributed by atoms with van der Waals surface area (Å²) in [6.45, 7) is -0.778. The molecule has 1 aromatic carbocycles. The molecule has 19 heavy (non-hydrogen) atoms. The van der Waals surface area contributed by atoms with E-state index in [2.05, 4.69) is 36.6 Å². The molecule has 2 rings (SSSR count). The Morgan fingerprint density at radius 1 is 1.26 bits per heavy atom. The lowest BCUT2D eigenvalue weighted by Gasteiger charge is -2.12. The zero-order chi connectivity index (χ0) is 14.0. The molecule has 0 aliphatic carbocycles. The molecule has 102 valence electrons. The minimum atomic E-state index is -2.80. The first-order chi connectivity index (χ1) is 8.97. The Morgan fingerprint density at radius 3 is 2.58 bits per heavy atom. The van der Waals surface area contributed by atoms with Crippen LogP contribution in [0.2, 0.25) is 0 Å². The molecule has 1 unspecified atom stereocenters. The molecule has 1 aromatic heterocycles. The molecule has 0 fully saturated rings. The van der Waals surface area contributed by atoms with Gasteiger partial charge in [0, 0.05) is 4.88 Å². The van der Waals surface area contributed by atoms with Gasteiger partial charge in [0.1, 0.15) is 5.75 Å². The first-order valence-corrected chi connectivity index (χ1v) is 7.94. The average Bonchev–Trinajstić information content (AvgIpc) is 2.67.